The van der Waals surface area contributed by atoms with E-state index in [1.54, 1.807) is 0 Å². The predicted molar refractivity (Wildman–Crippen MR) is 92.8 cm³/mol. The van der Waals surface area contributed by atoms with E-state index >= 15 is 0 Å². The van der Waals surface area contributed by atoms with E-state index in [1.165, 1.54) is 16.9 Å². The lowest BCUT2D eigenvalue weighted by atomic mass is 9.85. The third-order valence-electron chi connectivity index (χ3n) is 4.29. The molecule has 1 saturated heterocycles. The maximum Gasteiger partial charge on any atom is 0.0727 e. The van der Waals surface area contributed by atoms with Gasteiger partial charge in [0, 0.05) is 5.92 Å². The number of rotatable bonds is 3. The van der Waals surface area contributed by atoms with Crippen molar-refractivity contribution < 1.29 is 0 Å². The van der Waals surface area contributed by atoms with Crippen LogP contribution in [0.5, 0.6) is 0 Å². The molecule has 1 aliphatic rings. The summed E-state index contributed by atoms with van der Waals surface area (Å²) >= 11 is 2.06. The Morgan fingerprint density at radius 2 is 1.52 bits per heavy atom. The predicted octanol–water partition coefficient (Wildman–Crippen LogP) is 4.51. The second kappa shape index (κ2) is 6.25. The highest BCUT2D eigenvalue weighted by molar-refractivity contribution is 8.00. The van der Waals surface area contributed by atoms with Crippen molar-refractivity contribution in [3.8, 4) is 0 Å². The molecular formula is C19H23NS. The fourth-order valence-electron chi connectivity index (χ4n) is 3.11. The first kappa shape index (κ1) is 14.7. The molecule has 0 radical (unpaired) electrons. The van der Waals surface area contributed by atoms with E-state index in [4.69, 9.17) is 0 Å². The molecule has 3 rings (SSSR count). The van der Waals surface area contributed by atoms with E-state index in [1.807, 2.05) is 0 Å². The quantitative estimate of drug-likeness (QED) is 0.894. The largest absolute Gasteiger partial charge is 0.302 e. The molecule has 0 bridgehead atoms. The Kier molecular flexibility index (Phi) is 4.37. The van der Waals surface area contributed by atoms with E-state index in [2.05, 4.69) is 91.6 Å². The summed E-state index contributed by atoms with van der Waals surface area (Å²) in [5, 5.41) is 3.81. The van der Waals surface area contributed by atoms with Crippen LogP contribution in [0, 0.1) is 5.92 Å². The number of nitrogens with one attached hydrogen (secondary N) is 1. The van der Waals surface area contributed by atoms with Gasteiger partial charge in [-0.15, -0.1) is 11.8 Å². The van der Waals surface area contributed by atoms with Crippen LogP contribution in [0.4, 0.5) is 0 Å². The Morgan fingerprint density at radius 1 is 1.00 bits per heavy atom. The first-order valence-electron chi connectivity index (χ1n) is 7.68. The molecule has 2 unspecified atom stereocenters. The minimum absolute atomic E-state index is 0.0508. The van der Waals surface area contributed by atoms with E-state index in [0.29, 0.717) is 5.92 Å². The monoisotopic (exact) mass is 297 g/mol. The number of benzene rings is 2. The van der Waals surface area contributed by atoms with Gasteiger partial charge in [0.25, 0.3) is 0 Å². The number of hydrogen-bond donors (Lipinski definition) is 1. The summed E-state index contributed by atoms with van der Waals surface area (Å²) in [5.74, 6) is 2.34. The topological polar surface area (TPSA) is 12.0 Å². The molecule has 0 spiro atoms. The van der Waals surface area contributed by atoms with Gasteiger partial charge in [-0.3, -0.25) is 0 Å². The highest BCUT2D eigenvalue weighted by Gasteiger charge is 2.39. The van der Waals surface area contributed by atoms with Gasteiger partial charge in [-0.1, -0.05) is 67.6 Å². The molecule has 1 fully saturated rings. The molecule has 2 aromatic rings. The molecule has 1 nitrogen and oxygen atoms in total. The third-order valence-corrected chi connectivity index (χ3v) is 6.00. The minimum Gasteiger partial charge on any atom is -0.302 e. The van der Waals surface area contributed by atoms with E-state index in [-0.39, 0.29) is 4.87 Å². The second-order valence-corrected chi connectivity index (χ2v) is 7.63. The summed E-state index contributed by atoms with van der Waals surface area (Å²) in [6, 6.07) is 21.8. The third kappa shape index (κ3) is 3.17. The molecule has 1 N–H and O–H groups in total. The zero-order valence-electron chi connectivity index (χ0n) is 12.8. The first-order valence-corrected chi connectivity index (χ1v) is 8.66. The average Bonchev–Trinajstić information content (AvgIpc) is 2.53. The van der Waals surface area contributed by atoms with Gasteiger partial charge >= 0.3 is 0 Å². The fraction of sp³-hybridized carbons (Fsp3) is 0.368. The number of hydrogen-bond acceptors (Lipinski definition) is 2. The molecule has 0 aromatic heterocycles. The van der Waals surface area contributed by atoms with Crippen LogP contribution in [0.1, 0.15) is 30.9 Å². The highest BCUT2D eigenvalue weighted by atomic mass is 32.2. The molecule has 0 aliphatic carbocycles. The van der Waals surface area contributed by atoms with Gasteiger partial charge in [0.1, 0.15) is 0 Å². The summed E-state index contributed by atoms with van der Waals surface area (Å²) in [4.78, 5) is 0.0508. The summed E-state index contributed by atoms with van der Waals surface area (Å²) in [6.07, 6.45) is 0. The van der Waals surface area contributed by atoms with Crippen molar-refractivity contribution in [1.82, 2.24) is 5.32 Å². The Labute approximate surface area is 132 Å². The maximum atomic E-state index is 3.81. The summed E-state index contributed by atoms with van der Waals surface area (Å²) < 4.78 is 0. The van der Waals surface area contributed by atoms with Crippen molar-refractivity contribution in [2.75, 3.05) is 12.3 Å². The lowest BCUT2D eigenvalue weighted by Gasteiger charge is -2.43. The van der Waals surface area contributed by atoms with Crippen molar-refractivity contribution in [3.63, 3.8) is 0 Å². The normalized spacial score (nSPS) is 26.0. The van der Waals surface area contributed by atoms with Gasteiger partial charge in [0.2, 0.25) is 0 Å². The molecule has 2 heteroatoms. The van der Waals surface area contributed by atoms with Gasteiger partial charge in [-0.25, -0.2) is 0 Å². The Hall–Kier alpha value is -1.25. The zero-order chi connectivity index (χ0) is 14.7. The van der Waals surface area contributed by atoms with Gasteiger partial charge in [-0.2, -0.15) is 0 Å². The molecule has 2 atom stereocenters. The van der Waals surface area contributed by atoms with E-state index in [9.17, 15) is 0 Å². The van der Waals surface area contributed by atoms with Crippen molar-refractivity contribution >= 4 is 11.8 Å². The van der Waals surface area contributed by atoms with Crippen molar-refractivity contribution in [2.24, 2.45) is 5.92 Å². The molecular weight excluding hydrogens is 274 g/mol. The van der Waals surface area contributed by atoms with Crippen molar-refractivity contribution in [3.05, 3.63) is 71.8 Å². The molecule has 0 saturated carbocycles. The molecule has 21 heavy (non-hydrogen) atoms. The van der Waals surface area contributed by atoms with Gasteiger partial charge in [-0.05, 0) is 36.3 Å². The molecule has 0 amide bonds. The fourth-order valence-corrected chi connectivity index (χ4v) is 4.48. The lowest BCUT2D eigenvalue weighted by molar-refractivity contribution is 0.401. The van der Waals surface area contributed by atoms with Crippen LogP contribution in [0.3, 0.4) is 0 Å². The van der Waals surface area contributed by atoms with Crippen molar-refractivity contribution in [2.45, 2.75) is 24.6 Å². The van der Waals surface area contributed by atoms with Gasteiger partial charge in [0.15, 0.2) is 0 Å². The molecule has 1 aliphatic heterocycles. The highest BCUT2D eigenvalue weighted by Crippen LogP contribution is 2.44. The van der Waals surface area contributed by atoms with Crippen LogP contribution in [0.2, 0.25) is 0 Å². The zero-order valence-corrected chi connectivity index (χ0v) is 13.6. The second-order valence-electron chi connectivity index (χ2n) is 6.16. The van der Waals surface area contributed by atoms with E-state index in [0.717, 1.165) is 12.5 Å². The SMILES string of the molecule is CC1CNC(C)(C(c2ccccc2)c2ccccc2)SC1. The van der Waals surface area contributed by atoms with E-state index < -0.39 is 0 Å². The maximum absolute atomic E-state index is 3.81. The van der Waals surface area contributed by atoms with Crippen LogP contribution in [-0.4, -0.2) is 17.2 Å². The van der Waals surface area contributed by atoms with Crippen LogP contribution >= 0.6 is 11.8 Å². The first-order chi connectivity index (χ1) is 10.2. The smallest absolute Gasteiger partial charge is 0.0727 e. The Balaban J connectivity index is 2.01. The summed E-state index contributed by atoms with van der Waals surface area (Å²) in [6.45, 7) is 5.77. The Bertz CT molecular complexity index is 519. The summed E-state index contributed by atoms with van der Waals surface area (Å²) in [7, 11) is 0. The van der Waals surface area contributed by atoms with Gasteiger partial charge in [0.05, 0.1) is 4.87 Å². The van der Waals surface area contributed by atoms with Crippen LogP contribution in [-0.2, 0) is 0 Å². The minimum atomic E-state index is 0.0508. The lowest BCUT2D eigenvalue weighted by Crippen LogP contribution is -2.50. The molecule has 110 valence electrons. The van der Waals surface area contributed by atoms with Gasteiger partial charge < -0.3 is 5.32 Å². The molecule has 2 aromatic carbocycles. The standard InChI is InChI=1S/C19H23NS/c1-15-13-20-19(2,21-14-15)18(16-9-5-3-6-10-16)17-11-7-4-8-12-17/h3-12,15,18,20H,13-14H2,1-2H3. The van der Waals surface area contributed by atoms with Crippen LogP contribution in [0.15, 0.2) is 60.7 Å². The average molecular weight is 297 g/mol. The Morgan fingerprint density at radius 3 is 1.95 bits per heavy atom. The van der Waals surface area contributed by atoms with Crippen molar-refractivity contribution in [1.29, 1.82) is 0 Å². The van der Waals surface area contributed by atoms with Crippen LogP contribution < -0.4 is 5.32 Å². The summed E-state index contributed by atoms with van der Waals surface area (Å²) in [5.41, 5.74) is 2.78. The number of thioether (sulfide) groups is 1. The van der Waals surface area contributed by atoms with Crippen LogP contribution in [0.25, 0.3) is 0 Å². The molecule has 1 heterocycles.